The van der Waals surface area contributed by atoms with Crippen LogP contribution in [0.4, 0.5) is 18.9 Å². The molecule has 1 spiro atoms. The molecule has 7 nitrogen and oxygen atoms in total. The molecule has 1 aliphatic carbocycles. The number of nitrogens with zero attached hydrogens (tertiary/aromatic N) is 4. The van der Waals surface area contributed by atoms with Gasteiger partial charge < -0.3 is 20.5 Å². The molecule has 1 aromatic carbocycles. The molecule has 0 amide bonds. The Balaban J connectivity index is 1.49. The second kappa shape index (κ2) is 6.58. The first-order valence-electron chi connectivity index (χ1n) is 9.63. The van der Waals surface area contributed by atoms with Crippen molar-refractivity contribution in [2.24, 2.45) is 11.1 Å². The van der Waals surface area contributed by atoms with Crippen molar-refractivity contribution in [2.45, 2.75) is 31.9 Å². The van der Waals surface area contributed by atoms with E-state index in [0.29, 0.717) is 17.0 Å². The number of nitrogens with two attached hydrogens (primary N) is 1. The molecule has 1 aliphatic heterocycles. The molecule has 1 saturated heterocycles. The lowest BCUT2D eigenvalue weighted by Crippen LogP contribution is -2.63. The van der Waals surface area contributed by atoms with Gasteiger partial charge in [0.25, 0.3) is 0 Å². The van der Waals surface area contributed by atoms with Gasteiger partial charge in [0.15, 0.2) is 5.65 Å². The van der Waals surface area contributed by atoms with Crippen molar-refractivity contribution in [1.82, 2.24) is 14.8 Å². The van der Waals surface area contributed by atoms with E-state index in [0.717, 1.165) is 37.0 Å². The molecule has 2 aromatic heterocycles. The Morgan fingerprint density at radius 1 is 1.17 bits per heavy atom. The maximum Gasteiger partial charge on any atom is 0.573 e. The number of anilines is 1. The summed E-state index contributed by atoms with van der Waals surface area (Å²) in [5, 5.41) is 15.0. The maximum atomic E-state index is 12.4. The van der Waals surface area contributed by atoms with Crippen molar-refractivity contribution in [3.8, 4) is 11.4 Å². The monoisotopic (exact) mass is 419 g/mol. The Kier molecular flexibility index (Phi) is 4.19. The molecule has 2 aliphatic rings. The van der Waals surface area contributed by atoms with Gasteiger partial charge in [0.1, 0.15) is 5.75 Å². The van der Waals surface area contributed by atoms with E-state index in [1.165, 1.54) is 24.3 Å². The lowest BCUT2D eigenvalue weighted by Gasteiger charge is -2.58. The Morgan fingerprint density at radius 3 is 2.47 bits per heavy atom. The third-order valence-corrected chi connectivity index (χ3v) is 5.86. The molecule has 158 valence electrons. The van der Waals surface area contributed by atoms with Crippen molar-refractivity contribution < 1.29 is 23.0 Å². The van der Waals surface area contributed by atoms with Gasteiger partial charge >= 0.3 is 6.36 Å². The van der Waals surface area contributed by atoms with Gasteiger partial charge in [0.05, 0.1) is 28.6 Å². The number of hydrogen-bond donors (Lipinski definition) is 2. The normalized spacial score (nSPS) is 18.5. The zero-order chi connectivity index (χ0) is 21.1. The first kappa shape index (κ1) is 19.1. The minimum atomic E-state index is -4.74. The van der Waals surface area contributed by atoms with Crippen molar-refractivity contribution >= 4 is 16.7 Å². The molecule has 0 radical (unpaired) electrons. The molecule has 0 atom stereocenters. The van der Waals surface area contributed by atoms with Crippen LogP contribution in [0.1, 0.15) is 18.5 Å². The summed E-state index contributed by atoms with van der Waals surface area (Å²) in [5.74, 6) is -0.302. The number of alkyl halides is 3. The molecule has 1 saturated carbocycles. The van der Waals surface area contributed by atoms with Crippen LogP contribution in [0, 0.1) is 5.41 Å². The topological polar surface area (TPSA) is 89.4 Å². The van der Waals surface area contributed by atoms with Gasteiger partial charge in [-0.3, -0.25) is 0 Å². The van der Waals surface area contributed by atoms with Gasteiger partial charge in [0, 0.05) is 31.2 Å². The molecule has 5 rings (SSSR count). The Hall–Kier alpha value is -2.85. The number of aromatic nitrogens is 3. The molecule has 30 heavy (non-hydrogen) atoms. The minimum absolute atomic E-state index is 0.197. The Labute approximate surface area is 169 Å². The van der Waals surface area contributed by atoms with Crippen LogP contribution in [0.3, 0.4) is 0 Å². The summed E-state index contributed by atoms with van der Waals surface area (Å²) in [4.78, 5) is 6.70. The number of hydrogen-bond acceptors (Lipinski definition) is 6. The summed E-state index contributed by atoms with van der Waals surface area (Å²) >= 11 is 0. The van der Waals surface area contributed by atoms with Crippen molar-refractivity contribution in [3.63, 3.8) is 0 Å². The number of halogens is 3. The molecular formula is C20H20F3N5O2. The van der Waals surface area contributed by atoms with Crippen LogP contribution in [0.5, 0.6) is 5.75 Å². The van der Waals surface area contributed by atoms with E-state index in [9.17, 15) is 18.3 Å². The lowest BCUT2D eigenvalue weighted by atomic mass is 9.62. The Bertz CT molecular complexity index is 1080. The second-order valence-corrected chi connectivity index (χ2v) is 8.05. The van der Waals surface area contributed by atoms with Crippen molar-refractivity contribution in [1.29, 1.82) is 0 Å². The smallest absolute Gasteiger partial charge is 0.406 e. The number of rotatable bonds is 4. The summed E-state index contributed by atoms with van der Waals surface area (Å²) in [6.45, 7) is 1.93. The summed E-state index contributed by atoms with van der Waals surface area (Å²) in [7, 11) is 0. The van der Waals surface area contributed by atoms with E-state index in [1.807, 2.05) is 6.07 Å². The average molecular weight is 419 g/mol. The van der Waals surface area contributed by atoms with Gasteiger partial charge in [-0.25, -0.2) is 9.67 Å². The van der Waals surface area contributed by atoms with Gasteiger partial charge in [-0.1, -0.05) is 0 Å². The molecule has 10 heteroatoms. The standard InChI is InChI=1S/C20H20F3N5O2/c21-20(22,23)30-14-3-1-12(2-4-14)28-18-17(15(9-24)26-28)16(5-6-25-18)27-10-19(11-27)7-13(29)8-19/h1-6,13,29H,7-11,24H2. The van der Waals surface area contributed by atoms with Crippen LogP contribution in [0.2, 0.25) is 0 Å². The van der Waals surface area contributed by atoms with Gasteiger partial charge in [0.2, 0.25) is 0 Å². The van der Waals surface area contributed by atoms with Crippen LogP contribution in [0.25, 0.3) is 16.7 Å². The van der Waals surface area contributed by atoms with Crippen molar-refractivity contribution in [2.75, 3.05) is 18.0 Å². The number of benzene rings is 1. The number of pyridine rings is 1. The third kappa shape index (κ3) is 3.16. The predicted molar refractivity (Wildman–Crippen MR) is 103 cm³/mol. The van der Waals surface area contributed by atoms with E-state index < -0.39 is 6.36 Å². The fourth-order valence-electron chi connectivity index (χ4n) is 4.60. The van der Waals surface area contributed by atoms with E-state index in [-0.39, 0.29) is 23.8 Å². The molecular weight excluding hydrogens is 399 g/mol. The van der Waals surface area contributed by atoms with E-state index in [4.69, 9.17) is 5.73 Å². The van der Waals surface area contributed by atoms with Crippen LogP contribution in [-0.2, 0) is 6.54 Å². The lowest BCUT2D eigenvalue weighted by molar-refractivity contribution is -0.274. The van der Waals surface area contributed by atoms with Gasteiger partial charge in [-0.05, 0) is 43.2 Å². The summed E-state index contributed by atoms with van der Waals surface area (Å²) < 4.78 is 42.7. The Morgan fingerprint density at radius 2 is 1.87 bits per heavy atom. The summed E-state index contributed by atoms with van der Waals surface area (Å²) in [5.41, 5.74) is 8.93. The summed E-state index contributed by atoms with van der Waals surface area (Å²) in [6, 6.07) is 7.40. The van der Waals surface area contributed by atoms with E-state index in [2.05, 4.69) is 19.7 Å². The van der Waals surface area contributed by atoms with E-state index >= 15 is 0 Å². The number of aliphatic hydroxyl groups excluding tert-OH is 1. The summed E-state index contributed by atoms with van der Waals surface area (Å²) in [6.07, 6.45) is -1.59. The van der Waals surface area contributed by atoms with Gasteiger partial charge in [-0.2, -0.15) is 5.10 Å². The van der Waals surface area contributed by atoms with Crippen LogP contribution < -0.4 is 15.4 Å². The van der Waals surface area contributed by atoms with Crippen LogP contribution in [-0.4, -0.2) is 45.4 Å². The van der Waals surface area contributed by atoms with E-state index in [1.54, 1.807) is 10.9 Å². The van der Waals surface area contributed by atoms with Crippen LogP contribution in [0.15, 0.2) is 36.5 Å². The third-order valence-electron chi connectivity index (χ3n) is 5.86. The highest BCUT2D eigenvalue weighted by Crippen LogP contribution is 2.50. The highest BCUT2D eigenvalue weighted by molar-refractivity contribution is 5.93. The van der Waals surface area contributed by atoms with Crippen LogP contribution >= 0.6 is 0 Å². The fraction of sp³-hybridized carbons (Fsp3) is 0.400. The first-order valence-corrected chi connectivity index (χ1v) is 9.63. The second-order valence-electron chi connectivity index (χ2n) is 8.05. The number of aliphatic hydroxyl groups is 1. The SMILES string of the molecule is NCc1nn(-c2ccc(OC(F)(F)F)cc2)c2nccc(N3CC4(CC(O)C4)C3)c12. The molecule has 3 aromatic rings. The first-order chi connectivity index (χ1) is 14.3. The fourth-order valence-corrected chi connectivity index (χ4v) is 4.60. The highest BCUT2D eigenvalue weighted by atomic mass is 19.4. The largest absolute Gasteiger partial charge is 0.573 e. The molecule has 2 fully saturated rings. The zero-order valence-corrected chi connectivity index (χ0v) is 15.9. The molecule has 3 N–H and O–H groups in total. The average Bonchev–Trinajstić information content (AvgIpc) is 3.02. The number of ether oxygens (including phenoxy) is 1. The quantitative estimate of drug-likeness (QED) is 0.676. The zero-order valence-electron chi connectivity index (χ0n) is 15.9. The van der Waals surface area contributed by atoms with Gasteiger partial charge in [-0.15, -0.1) is 13.2 Å². The predicted octanol–water partition coefficient (Wildman–Crippen LogP) is 2.74. The molecule has 0 unspecified atom stereocenters. The molecule has 3 heterocycles. The minimum Gasteiger partial charge on any atom is -0.406 e. The van der Waals surface area contributed by atoms with Crippen molar-refractivity contribution in [3.05, 3.63) is 42.2 Å². The maximum absolute atomic E-state index is 12.4. The highest BCUT2D eigenvalue weighted by Gasteiger charge is 2.52. The number of fused-ring (bicyclic) bond motifs is 1. The molecule has 0 bridgehead atoms.